The molecule has 2 N–H and O–H groups in total. The van der Waals surface area contributed by atoms with Gasteiger partial charge < -0.3 is 24.6 Å². The molecule has 0 unspecified atom stereocenters. The van der Waals surface area contributed by atoms with Crippen molar-refractivity contribution in [2.24, 2.45) is 0 Å². The van der Waals surface area contributed by atoms with Gasteiger partial charge in [-0.3, -0.25) is 0 Å². The van der Waals surface area contributed by atoms with E-state index in [2.05, 4.69) is 15.3 Å². The Morgan fingerprint density at radius 2 is 1.77 bits per heavy atom. The van der Waals surface area contributed by atoms with Crippen LogP contribution in [0.3, 0.4) is 0 Å². The van der Waals surface area contributed by atoms with E-state index >= 15 is 0 Å². The lowest BCUT2D eigenvalue weighted by Gasteiger charge is -2.21. The molecule has 0 saturated carbocycles. The first-order valence-electron chi connectivity index (χ1n) is 8.04. The number of aromatic hydroxyl groups is 1. The molecule has 4 rings (SSSR count). The predicted molar refractivity (Wildman–Crippen MR) is 94.7 cm³/mol. The molecular formula is C19H17N3O4. The highest BCUT2D eigenvalue weighted by Crippen LogP contribution is 2.42. The van der Waals surface area contributed by atoms with Crippen LogP contribution in [0.5, 0.6) is 23.0 Å². The predicted octanol–water partition coefficient (Wildman–Crippen LogP) is 3.12. The standard InChI is InChI=1S/C19H17N3O4/c1-24-13-5-3-12(4-6-13)18(22-19-20-7-2-8-21-19)14-9-16-17(10-15(14)23)26-11-25-16/h2-10,18,23H,11H2,1H3,(H,20,21,22)/t18-/m0/s1. The highest BCUT2D eigenvalue weighted by molar-refractivity contribution is 5.56. The van der Waals surface area contributed by atoms with Gasteiger partial charge in [0.1, 0.15) is 11.5 Å². The second-order valence-corrected chi connectivity index (χ2v) is 5.69. The smallest absolute Gasteiger partial charge is 0.231 e. The number of aromatic nitrogens is 2. The highest BCUT2D eigenvalue weighted by Gasteiger charge is 2.24. The average molecular weight is 351 g/mol. The summed E-state index contributed by atoms with van der Waals surface area (Å²) < 4.78 is 16.0. The number of fused-ring (bicyclic) bond motifs is 1. The fourth-order valence-corrected chi connectivity index (χ4v) is 2.82. The van der Waals surface area contributed by atoms with Crippen molar-refractivity contribution in [3.05, 3.63) is 66.0 Å². The normalized spacial score (nSPS) is 13.3. The largest absolute Gasteiger partial charge is 0.507 e. The van der Waals surface area contributed by atoms with Crippen LogP contribution in [0.2, 0.25) is 0 Å². The second kappa shape index (κ2) is 6.79. The summed E-state index contributed by atoms with van der Waals surface area (Å²) in [6.45, 7) is 0.140. The molecular weight excluding hydrogens is 334 g/mol. The number of benzene rings is 2. The monoisotopic (exact) mass is 351 g/mol. The number of anilines is 1. The fraction of sp³-hybridized carbons (Fsp3) is 0.158. The van der Waals surface area contributed by atoms with Crippen molar-refractivity contribution in [2.75, 3.05) is 19.2 Å². The zero-order chi connectivity index (χ0) is 17.9. The lowest BCUT2D eigenvalue weighted by molar-refractivity contribution is 0.174. The molecule has 26 heavy (non-hydrogen) atoms. The first-order chi connectivity index (χ1) is 12.7. The third-order valence-electron chi connectivity index (χ3n) is 4.12. The van der Waals surface area contributed by atoms with Crippen molar-refractivity contribution in [3.63, 3.8) is 0 Å². The molecule has 7 heteroatoms. The van der Waals surface area contributed by atoms with E-state index in [9.17, 15) is 5.11 Å². The first-order valence-corrected chi connectivity index (χ1v) is 8.04. The molecule has 1 aromatic heterocycles. The van der Waals surface area contributed by atoms with Gasteiger partial charge in [0.25, 0.3) is 0 Å². The van der Waals surface area contributed by atoms with Gasteiger partial charge in [-0.15, -0.1) is 0 Å². The van der Waals surface area contributed by atoms with Crippen LogP contribution in [0.15, 0.2) is 54.9 Å². The lowest BCUT2D eigenvalue weighted by atomic mass is 9.97. The minimum Gasteiger partial charge on any atom is -0.507 e. The Morgan fingerprint density at radius 3 is 2.46 bits per heavy atom. The van der Waals surface area contributed by atoms with Crippen LogP contribution in [0.25, 0.3) is 0 Å². The maximum absolute atomic E-state index is 10.5. The molecule has 1 aliphatic heterocycles. The van der Waals surface area contributed by atoms with Crippen LogP contribution in [0.4, 0.5) is 5.95 Å². The fourth-order valence-electron chi connectivity index (χ4n) is 2.82. The molecule has 0 fully saturated rings. The quantitative estimate of drug-likeness (QED) is 0.730. The van der Waals surface area contributed by atoms with Gasteiger partial charge in [-0.2, -0.15) is 0 Å². The van der Waals surface area contributed by atoms with Gasteiger partial charge in [-0.25, -0.2) is 9.97 Å². The maximum atomic E-state index is 10.5. The Labute approximate surface area is 150 Å². The SMILES string of the molecule is COc1ccc([C@H](Nc2ncccn2)c2cc3c(cc2O)OCO3)cc1. The number of nitrogens with zero attached hydrogens (tertiary/aromatic N) is 2. The minimum atomic E-state index is -0.391. The van der Waals surface area contributed by atoms with E-state index in [1.54, 1.807) is 37.7 Å². The summed E-state index contributed by atoms with van der Waals surface area (Å²) in [5.41, 5.74) is 1.54. The second-order valence-electron chi connectivity index (χ2n) is 5.69. The van der Waals surface area contributed by atoms with E-state index in [0.717, 1.165) is 11.3 Å². The molecule has 0 spiro atoms. The van der Waals surface area contributed by atoms with Crippen molar-refractivity contribution in [2.45, 2.75) is 6.04 Å². The zero-order valence-electron chi connectivity index (χ0n) is 14.0. The number of methoxy groups -OCH3 is 1. The van der Waals surface area contributed by atoms with Gasteiger partial charge in [0.05, 0.1) is 13.2 Å². The molecule has 2 aromatic carbocycles. The Balaban J connectivity index is 1.77. The van der Waals surface area contributed by atoms with Crippen LogP contribution in [0.1, 0.15) is 17.2 Å². The van der Waals surface area contributed by atoms with E-state index < -0.39 is 6.04 Å². The Kier molecular flexibility index (Phi) is 4.18. The van der Waals surface area contributed by atoms with Crippen molar-refractivity contribution in [3.8, 4) is 23.0 Å². The number of nitrogens with one attached hydrogen (secondary N) is 1. The summed E-state index contributed by atoms with van der Waals surface area (Å²) in [5, 5.41) is 13.8. The van der Waals surface area contributed by atoms with Crippen molar-refractivity contribution in [1.29, 1.82) is 0 Å². The lowest BCUT2D eigenvalue weighted by Crippen LogP contribution is -2.14. The molecule has 1 aliphatic rings. The molecule has 0 saturated heterocycles. The molecule has 7 nitrogen and oxygen atoms in total. The third kappa shape index (κ3) is 3.06. The van der Waals surface area contributed by atoms with E-state index in [0.29, 0.717) is 23.0 Å². The summed E-state index contributed by atoms with van der Waals surface area (Å²) in [7, 11) is 1.62. The highest BCUT2D eigenvalue weighted by atomic mass is 16.7. The topological polar surface area (TPSA) is 85.7 Å². The third-order valence-corrected chi connectivity index (χ3v) is 4.12. The van der Waals surface area contributed by atoms with Crippen LogP contribution in [0, 0.1) is 0 Å². The van der Waals surface area contributed by atoms with Crippen molar-refractivity contribution in [1.82, 2.24) is 9.97 Å². The molecule has 2 heterocycles. The molecule has 0 aliphatic carbocycles. The van der Waals surface area contributed by atoms with Gasteiger partial charge in [0.2, 0.25) is 12.7 Å². The number of rotatable bonds is 5. The minimum absolute atomic E-state index is 0.0958. The van der Waals surface area contributed by atoms with Gasteiger partial charge in [0.15, 0.2) is 11.5 Å². The van der Waals surface area contributed by atoms with Gasteiger partial charge in [-0.05, 0) is 29.8 Å². The first kappa shape index (κ1) is 16.0. The summed E-state index contributed by atoms with van der Waals surface area (Å²) in [4.78, 5) is 8.44. The summed E-state index contributed by atoms with van der Waals surface area (Å²) in [6.07, 6.45) is 3.31. The zero-order valence-corrected chi connectivity index (χ0v) is 14.0. The Bertz CT molecular complexity index is 901. The maximum Gasteiger partial charge on any atom is 0.231 e. The van der Waals surface area contributed by atoms with Crippen LogP contribution in [-0.4, -0.2) is 29.0 Å². The number of phenols is 1. The number of hydrogen-bond donors (Lipinski definition) is 2. The summed E-state index contributed by atoms with van der Waals surface area (Å²) >= 11 is 0. The Morgan fingerprint density at radius 1 is 1.08 bits per heavy atom. The number of ether oxygens (including phenoxy) is 3. The molecule has 3 aromatic rings. The van der Waals surface area contributed by atoms with Crippen LogP contribution >= 0.6 is 0 Å². The van der Waals surface area contributed by atoms with Gasteiger partial charge >= 0.3 is 0 Å². The van der Waals surface area contributed by atoms with Crippen LogP contribution in [-0.2, 0) is 0 Å². The van der Waals surface area contributed by atoms with E-state index in [4.69, 9.17) is 14.2 Å². The molecule has 0 amide bonds. The molecule has 0 bridgehead atoms. The summed E-state index contributed by atoms with van der Waals surface area (Å²) in [5.74, 6) is 2.41. The van der Waals surface area contributed by atoms with Gasteiger partial charge in [0, 0.05) is 24.0 Å². The number of phenolic OH excluding ortho intramolecular Hbond substituents is 1. The Hall–Kier alpha value is -3.48. The van der Waals surface area contributed by atoms with E-state index in [1.165, 1.54) is 0 Å². The molecule has 132 valence electrons. The van der Waals surface area contributed by atoms with E-state index in [1.807, 2.05) is 24.3 Å². The van der Waals surface area contributed by atoms with Crippen molar-refractivity contribution >= 4 is 5.95 Å². The van der Waals surface area contributed by atoms with Crippen molar-refractivity contribution < 1.29 is 19.3 Å². The number of hydrogen-bond acceptors (Lipinski definition) is 7. The van der Waals surface area contributed by atoms with E-state index in [-0.39, 0.29) is 12.5 Å². The van der Waals surface area contributed by atoms with Gasteiger partial charge in [-0.1, -0.05) is 12.1 Å². The molecule has 0 radical (unpaired) electrons. The molecule has 1 atom stereocenters. The van der Waals surface area contributed by atoms with Crippen LogP contribution < -0.4 is 19.5 Å². The summed E-state index contributed by atoms with van der Waals surface area (Å²) in [6, 6.07) is 12.2. The average Bonchev–Trinajstić information content (AvgIpc) is 3.14.